The molecule has 1 unspecified atom stereocenters. The standard InChI is InChI=1S/C20H39NOS/c1-17(2,3)14-12-15(18(4,5)6)21(13-14)16(22)23-20(10,11)19(7,8)9/h14-15H,12-13H2,1-11H3/t14-,15?/m1/s1. The van der Waals surface area contributed by atoms with E-state index in [-0.39, 0.29) is 26.2 Å². The van der Waals surface area contributed by atoms with E-state index in [4.69, 9.17) is 0 Å². The summed E-state index contributed by atoms with van der Waals surface area (Å²) in [5, 5.41) is 0.261. The van der Waals surface area contributed by atoms with Gasteiger partial charge in [-0.15, -0.1) is 0 Å². The van der Waals surface area contributed by atoms with Crippen LogP contribution in [0.15, 0.2) is 0 Å². The highest BCUT2D eigenvalue weighted by atomic mass is 32.2. The maximum absolute atomic E-state index is 13.1. The van der Waals surface area contributed by atoms with Gasteiger partial charge in [-0.2, -0.15) is 0 Å². The Morgan fingerprint density at radius 2 is 1.35 bits per heavy atom. The zero-order chi connectivity index (χ0) is 18.4. The normalized spacial score (nSPS) is 24.2. The molecule has 1 aliphatic rings. The van der Waals surface area contributed by atoms with E-state index in [1.807, 2.05) is 0 Å². The smallest absolute Gasteiger partial charge is 0.282 e. The van der Waals surface area contributed by atoms with E-state index >= 15 is 0 Å². The lowest BCUT2D eigenvalue weighted by molar-refractivity contribution is 0.163. The van der Waals surface area contributed by atoms with E-state index in [2.05, 4.69) is 81.1 Å². The minimum Gasteiger partial charge on any atom is -0.330 e. The molecule has 0 N–H and O–H groups in total. The number of nitrogens with zero attached hydrogens (tertiary/aromatic N) is 1. The van der Waals surface area contributed by atoms with Gasteiger partial charge in [-0.05, 0) is 42.4 Å². The van der Waals surface area contributed by atoms with Crippen molar-refractivity contribution >= 4 is 17.0 Å². The molecule has 1 saturated heterocycles. The van der Waals surface area contributed by atoms with Crippen LogP contribution in [0.3, 0.4) is 0 Å². The molecule has 0 aliphatic carbocycles. The molecule has 3 heteroatoms. The van der Waals surface area contributed by atoms with E-state index in [0.717, 1.165) is 13.0 Å². The Morgan fingerprint density at radius 3 is 1.70 bits per heavy atom. The van der Waals surface area contributed by atoms with Crippen molar-refractivity contribution in [1.29, 1.82) is 0 Å². The maximum Gasteiger partial charge on any atom is 0.282 e. The molecule has 0 aromatic carbocycles. The van der Waals surface area contributed by atoms with Crippen molar-refractivity contribution in [2.24, 2.45) is 22.2 Å². The molecule has 0 aromatic heterocycles. The summed E-state index contributed by atoms with van der Waals surface area (Å²) in [5.41, 5.74) is 0.471. The second-order valence-electron chi connectivity index (χ2n) is 11.0. The number of carbonyl (C=O) groups excluding carboxylic acids is 1. The van der Waals surface area contributed by atoms with Crippen molar-refractivity contribution < 1.29 is 4.79 Å². The van der Waals surface area contributed by atoms with Gasteiger partial charge in [0.1, 0.15) is 0 Å². The molecule has 1 amide bonds. The third-order valence-corrected chi connectivity index (χ3v) is 7.44. The molecule has 0 aromatic rings. The van der Waals surface area contributed by atoms with Crippen molar-refractivity contribution in [2.75, 3.05) is 6.54 Å². The molecule has 0 saturated carbocycles. The second-order valence-corrected chi connectivity index (χ2v) is 12.5. The molecule has 23 heavy (non-hydrogen) atoms. The van der Waals surface area contributed by atoms with Gasteiger partial charge in [-0.1, -0.05) is 74.1 Å². The molecule has 1 fully saturated rings. The van der Waals surface area contributed by atoms with Crippen LogP contribution in [0.5, 0.6) is 0 Å². The van der Waals surface area contributed by atoms with Crippen molar-refractivity contribution in [1.82, 2.24) is 4.90 Å². The van der Waals surface area contributed by atoms with Gasteiger partial charge >= 0.3 is 0 Å². The quantitative estimate of drug-likeness (QED) is 0.546. The molecule has 0 bridgehead atoms. The minimum atomic E-state index is -0.0770. The molecule has 0 spiro atoms. The Labute approximate surface area is 149 Å². The Morgan fingerprint density at radius 1 is 0.870 bits per heavy atom. The summed E-state index contributed by atoms with van der Waals surface area (Å²) in [6.45, 7) is 25.7. The predicted molar refractivity (Wildman–Crippen MR) is 104 cm³/mol. The van der Waals surface area contributed by atoms with E-state index in [1.165, 1.54) is 11.8 Å². The van der Waals surface area contributed by atoms with E-state index < -0.39 is 0 Å². The van der Waals surface area contributed by atoms with E-state index in [1.54, 1.807) is 0 Å². The van der Waals surface area contributed by atoms with E-state index in [0.29, 0.717) is 12.0 Å². The molecule has 2 nitrogen and oxygen atoms in total. The number of rotatable bonds is 1. The Bertz CT molecular complexity index is 434. The summed E-state index contributed by atoms with van der Waals surface area (Å²) in [7, 11) is 0. The van der Waals surface area contributed by atoms with Crippen molar-refractivity contribution in [2.45, 2.75) is 93.4 Å². The van der Waals surface area contributed by atoms with Crippen LogP contribution in [0.25, 0.3) is 0 Å². The van der Waals surface area contributed by atoms with Crippen LogP contribution in [-0.4, -0.2) is 27.5 Å². The first-order chi connectivity index (χ1) is 9.97. The second kappa shape index (κ2) is 6.28. The number of likely N-dealkylation sites (tertiary alicyclic amines) is 1. The highest BCUT2D eigenvalue weighted by Gasteiger charge is 2.47. The van der Waals surface area contributed by atoms with Gasteiger partial charge in [0.25, 0.3) is 5.24 Å². The Balaban J connectivity index is 3.01. The van der Waals surface area contributed by atoms with Crippen molar-refractivity contribution in [3.05, 3.63) is 0 Å². The number of carbonyl (C=O) groups is 1. The molecule has 136 valence electrons. The zero-order valence-corrected chi connectivity index (χ0v) is 18.1. The number of hydrogen-bond acceptors (Lipinski definition) is 2. The summed E-state index contributed by atoms with van der Waals surface area (Å²) >= 11 is 1.53. The maximum atomic E-state index is 13.1. The van der Waals surface area contributed by atoms with E-state index in [9.17, 15) is 4.79 Å². The molecular weight excluding hydrogens is 302 g/mol. The molecular formula is C20H39NOS. The van der Waals surface area contributed by atoms with Gasteiger partial charge < -0.3 is 4.90 Å². The Hall–Kier alpha value is -0.180. The molecule has 1 rings (SSSR count). The number of hydrogen-bond donors (Lipinski definition) is 0. The van der Waals surface area contributed by atoms with Gasteiger partial charge in [0.15, 0.2) is 0 Å². The third-order valence-electron chi connectivity index (χ3n) is 5.91. The average molecular weight is 342 g/mol. The van der Waals surface area contributed by atoms with Crippen LogP contribution >= 0.6 is 11.8 Å². The topological polar surface area (TPSA) is 20.3 Å². The van der Waals surface area contributed by atoms with Crippen molar-refractivity contribution in [3.8, 4) is 0 Å². The first-order valence-electron chi connectivity index (χ1n) is 8.96. The van der Waals surface area contributed by atoms with Crippen LogP contribution < -0.4 is 0 Å². The van der Waals surface area contributed by atoms with Crippen LogP contribution in [-0.2, 0) is 0 Å². The van der Waals surface area contributed by atoms with Gasteiger partial charge in [-0.3, -0.25) is 4.79 Å². The fourth-order valence-electron chi connectivity index (χ4n) is 2.92. The largest absolute Gasteiger partial charge is 0.330 e. The highest BCUT2D eigenvalue weighted by molar-refractivity contribution is 8.14. The van der Waals surface area contributed by atoms with Gasteiger partial charge in [0, 0.05) is 17.3 Å². The summed E-state index contributed by atoms with van der Waals surface area (Å²) in [6.07, 6.45) is 1.12. The van der Waals surface area contributed by atoms with Gasteiger partial charge in [0.2, 0.25) is 0 Å². The third kappa shape index (κ3) is 4.90. The summed E-state index contributed by atoms with van der Waals surface area (Å²) in [6, 6.07) is 0.336. The lowest BCUT2D eigenvalue weighted by Crippen LogP contribution is -2.44. The first-order valence-corrected chi connectivity index (χ1v) is 9.78. The minimum absolute atomic E-state index is 0.0770. The predicted octanol–water partition coefficient (Wildman–Crippen LogP) is 6.45. The molecule has 0 radical (unpaired) electrons. The lowest BCUT2D eigenvalue weighted by atomic mass is 9.76. The van der Waals surface area contributed by atoms with Gasteiger partial charge in [0.05, 0.1) is 0 Å². The van der Waals surface area contributed by atoms with Crippen LogP contribution in [0.2, 0.25) is 0 Å². The number of amides is 1. The van der Waals surface area contributed by atoms with Crippen LogP contribution in [0.4, 0.5) is 4.79 Å². The lowest BCUT2D eigenvalue weighted by Gasteiger charge is -2.40. The highest BCUT2D eigenvalue weighted by Crippen LogP contribution is 2.47. The monoisotopic (exact) mass is 341 g/mol. The summed E-state index contributed by atoms with van der Waals surface area (Å²) < 4.78 is -0.0770. The summed E-state index contributed by atoms with van der Waals surface area (Å²) in [4.78, 5) is 15.3. The Kier molecular flexibility index (Phi) is 5.69. The SMILES string of the molecule is CC(C)(C)C1C[C@@H](C(C)(C)C)CN1C(=O)SC(C)(C)C(C)(C)C. The first kappa shape index (κ1) is 20.9. The van der Waals surface area contributed by atoms with Crippen LogP contribution in [0, 0.1) is 22.2 Å². The zero-order valence-electron chi connectivity index (χ0n) is 17.3. The number of thioether (sulfide) groups is 1. The fraction of sp³-hybridized carbons (Fsp3) is 0.950. The summed E-state index contributed by atoms with van der Waals surface area (Å²) in [5.74, 6) is 0.578. The van der Waals surface area contributed by atoms with Crippen molar-refractivity contribution in [3.63, 3.8) is 0 Å². The molecule has 2 atom stereocenters. The van der Waals surface area contributed by atoms with Gasteiger partial charge in [-0.25, -0.2) is 0 Å². The molecule has 1 heterocycles. The average Bonchev–Trinajstić information content (AvgIpc) is 2.69. The fourth-order valence-corrected chi connectivity index (χ4v) is 3.98. The van der Waals surface area contributed by atoms with Crippen LogP contribution in [0.1, 0.15) is 82.6 Å². The molecule has 1 aliphatic heterocycles.